The molecule has 8 nitrogen and oxygen atoms in total. The summed E-state index contributed by atoms with van der Waals surface area (Å²) in [5, 5.41) is 20.3. The number of aryl methyl sites for hydroxylation is 1. The van der Waals surface area contributed by atoms with Crippen molar-refractivity contribution in [3.05, 3.63) is 52.8 Å². The maximum atomic E-state index is 12.4. The van der Waals surface area contributed by atoms with Crippen LogP contribution in [0.5, 0.6) is 0 Å². The van der Waals surface area contributed by atoms with E-state index in [1.807, 2.05) is 36.4 Å². The molecule has 3 N–H and O–H groups in total. The fraction of sp³-hybridized carbons (Fsp3) is 0.222. The number of amides is 1. The number of hydrogen-bond acceptors (Lipinski definition) is 7. The predicted octanol–water partition coefficient (Wildman–Crippen LogP) is 2.87. The normalized spacial score (nSPS) is 10.6. The Morgan fingerprint density at radius 3 is 2.78 bits per heavy atom. The number of hydrogen-bond donors (Lipinski definition) is 2. The van der Waals surface area contributed by atoms with E-state index in [1.54, 1.807) is 13.8 Å². The zero-order valence-corrected chi connectivity index (χ0v) is 15.7. The molecule has 0 saturated heterocycles. The van der Waals surface area contributed by atoms with Crippen molar-refractivity contribution in [3.63, 3.8) is 0 Å². The first-order chi connectivity index (χ1) is 13.0. The number of anilines is 2. The van der Waals surface area contributed by atoms with Crippen molar-refractivity contribution in [2.24, 2.45) is 0 Å². The van der Waals surface area contributed by atoms with E-state index in [9.17, 15) is 10.1 Å². The maximum Gasteiger partial charge on any atom is 0.246 e. The van der Waals surface area contributed by atoms with Crippen molar-refractivity contribution in [3.8, 4) is 6.07 Å². The summed E-state index contributed by atoms with van der Waals surface area (Å²) in [6.07, 6.45) is 0. The molecule has 3 rings (SSSR count). The third-order valence-corrected chi connectivity index (χ3v) is 5.05. The molecule has 9 heteroatoms. The average Bonchev–Trinajstić information content (AvgIpc) is 3.13. The lowest BCUT2D eigenvalue weighted by Gasteiger charge is -2.08. The lowest BCUT2D eigenvalue weighted by atomic mass is 10.2. The molecule has 1 amide bonds. The number of nitrogens with zero attached hydrogens (tertiary/aromatic N) is 4. The first kappa shape index (κ1) is 18.5. The van der Waals surface area contributed by atoms with Crippen LogP contribution in [0.3, 0.4) is 0 Å². The highest BCUT2D eigenvalue weighted by Crippen LogP contribution is 2.26. The number of nitrogens with one attached hydrogen (secondary N) is 1. The first-order valence-electron chi connectivity index (χ1n) is 8.15. The third-order valence-electron chi connectivity index (χ3n) is 4.01. The minimum Gasteiger partial charge on any atom is -0.444 e. The number of carbonyl (C=O) groups is 1. The van der Waals surface area contributed by atoms with E-state index in [-0.39, 0.29) is 24.3 Å². The largest absolute Gasteiger partial charge is 0.444 e. The standard InChI is InChI=1S/C18H18N6O2S/c1-11-12(2)26-16(14(11)8-19)21-15(25)9-24-17(20)22-23-18(24)27-10-13-6-4-3-5-7-13/h3-7H,9-10H2,1-2H3,(H2,20,22)(H,21,25). The monoisotopic (exact) mass is 382 g/mol. The van der Waals surface area contributed by atoms with Crippen LogP contribution in [-0.4, -0.2) is 20.7 Å². The molecule has 0 unspecified atom stereocenters. The minimum atomic E-state index is -0.381. The Kier molecular flexibility index (Phi) is 5.47. The van der Waals surface area contributed by atoms with E-state index in [2.05, 4.69) is 15.5 Å². The number of aromatic nitrogens is 3. The number of nitrogens with two attached hydrogens (primary N) is 1. The van der Waals surface area contributed by atoms with E-state index >= 15 is 0 Å². The molecule has 0 saturated carbocycles. The van der Waals surface area contributed by atoms with Crippen LogP contribution in [0.4, 0.5) is 11.8 Å². The number of rotatable bonds is 6. The molecular weight excluding hydrogens is 364 g/mol. The number of nitriles is 1. The summed E-state index contributed by atoms with van der Waals surface area (Å²) in [5.41, 5.74) is 8.00. The second kappa shape index (κ2) is 7.97. The Bertz CT molecular complexity index is 1000. The number of furan rings is 1. The first-order valence-corrected chi connectivity index (χ1v) is 9.13. The van der Waals surface area contributed by atoms with Crippen LogP contribution in [-0.2, 0) is 17.1 Å². The van der Waals surface area contributed by atoms with Crippen LogP contribution in [0.25, 0.3) is 0 Å². The summed E-state index contributed by atoms with van der Waals surface area (Å²) in [4.78, 5) is 12.4. The lowest BCUT2D eigenvalue weighted by Crippen LogP contribution is -2.20. The van der Waals surface area contributed by atoms with Gasteiger partial charge in [0, 0.05) is 11.3 Å². The third kappa shape index (κ3) is 4.12. The summed E-state index contributed by atoms with van der Waals surface area (Å²) < 4.78 is 6.99. The van der Waals surface area contributed by atoms with E-state index in [1.165, 1.54) is 16.3 Å². The Hall–Kier alpha value is -3.25. The molecule has 0 spiro atoms. The fourth-order valence-corrected chi connectivity index (χ4v) is 3.34. The van der Waals surface area contributed by atoms with Gasteiger partial charge in [-0.05, 0) is 19.4 Å². The number of nitrogen functional groups attached to an aromatic ring is 1. The second-order valence-electron chi connectivity index (χ2n) is 5.85. The number of benzene rings is 1. The van der Waals surface area contributed by atoms with E-state index in [0.717, 1.165) is 5.56 Å². The van der Waals surface area contributed by atoms with Gasteiger partial charge in [-0.25, -0.2) is 0 Å². The molecule has 3 aromatic rings. The van der Waals surface area contributed by atoms with Crippen LogP contribution >= 0.6 is 11.8 Å². The van der Waals surface area contributed by atoms with Gasteiger partial charge < -0.3 is 10.2 Å². The maximum absolute atomic E-state index is 12.4. The Balaban J connectivity index is 1.70. The molecule has 27 heavy (non-hydrogen) atoms. The number of thioether (sulfide) groups is 1. The predicted molar refractivity (Wildman–Crippen MR) is 102 cm³/mol. The molecular formula is C18H18N6O2S. The van der Waals surface area contributed by atoms with Gasteiger partial charge in [-0.3, -0.25) is 14.7 Å². The van der Waals surface area contributed by atoms with Crippen LogP contribution in [0.2, 0.25) is 0 Å². The average molecular weight is 382 g/mol. The van der Waals surface area contributed by atoms with Gasteiger partial charge >= 0.3 is 0 Å². The molecule has 0 radical (unpaired) electrons. The van der Waals surface area contributed by atoms with Gasteiger partial charge in [-0.15, -0.1) is 10.2 Å². The molecule has 0 fully saturated rings. The lowest BCUT2D eigenvalue weighted by molar-refractivity contribution is -0.116. The molecule has 0 aliphatic carbocycles. The van der Waals surface area contributed by atoms with Crippen LogP contribution in [0.15, 0.2) is 39.9 Å². The molecule has 0 atom stereocenters. The van der Waals surface area contributed by atoms with Gasteiger partial charge in [-0.2, -0.15) is 5.26 Å². The fourth-order valence-electron chi connectivity index (χ4n) is 2.44. The molecule has 138 valence electrons. The molecule has 0 aliphatic heterocycles. The minimum absolute atomic E-state index is 0.0837. The van der Waals surface area contributed by atoms with Gasteiger partial charge in [0.25, 0.3) is 0 Å². The highest BCUT2D eigenvalue weighted by Gasteiger charge is 2.19. The Labute approximate surface area is 160 Å². The highest BCUT2D eigenvalue weighted by atomic mass is 32.2. The Morgan fingerprint density at radius 1 is 1.33 bits per heavy atom. The van der Waals surface area contributed by atoms with Gasteiger partial charge in [0.05, 0.1) is 0 Å². The van der Waals surface area contributed by atoms with Crippen molar-refractivity contribution < 1.29 is 9.21 Å². The van der Waals surface area contributed by atoms with Crippen LogP contribution in [0.1, 0.15) is 22.5 Å². The van der Waals surface area contributed by atoms with Crippen LogP contribution in [0, 0.1) is 25.2 Å². The van der Waals surface area contributed by atoms with Gasteiger partial charge in [0.1, 0.15) is 23.9 Å². The second-order valence-corrected chi connectivity index (χ2v) is 6.79. The van der Waals surface area contributed by atoms with E-state index in [0.29, 0.717) is 27.8 Å². The van der Waals surface area contributed by atoms with Crippen molar-refractivity contribution >= 4 is 29.5 Å². The van der Waals surface area contributed by atoms with Crippen molar-refractivity contribution in [1.29, 1.82) is 5.26 Å². The summed E-state index contributed by atoms with van der Waals surface area (Å²) in [7, 11) is 0. The van der Waals surface area contributed by atoms with E-state index in [4.69, 9.17) is 10.2 Å². The number of carbonyl (C=O) groups excluding carboxylic acids is 1. The quantitative estimate of drug-likeness (QED) is 0.628. The van der Waals surface area contributed by atoms with Crippen molar-refractivity contribution in [1.82, 2.24) is 14.8 Å². The summed E-state index contributed by atoms with van der Waals surface area (Å²) >= 11 is 1.44. The summed E-state index contributed by atoms with van der Waals surface area (Å²) in [6, 6.07) is 11.9. The molecule has 2 aromatic heterocycles. The topological polar surface area (TPSA) is 123 Å². The van der Waals surface area contributed by atoms with Gasteiger partial charge in [0.2, 0.25) is 17.7 Å². The molecule has 0 bridgehead atoms. The van der Waals surface area contributed by atoms with Gasteiger partial charge in [0.15, 0.2) is 5.16 Å². The van der Waals surface area contributed by atoms with Crippen molar-refractivity contribution in [2.75, 3.05) is 11.1 Å². The summed E-state index contributed by atoms with van der Waals surface area (Å²) in [5.74, 6) is 1.17. The summed E-state index contributed by atoms with van der Waals surface area (Å²) in [6.45, 7) is 3.42. The highest BCUT2D eigenvalue weighted by molar-refractivity contribution is 7.98. The SMILES string of the molecule is Cc1oc(NC(=O)Cn2c(N)nnc2SCc2ccccc2)c(C#N)c1C. The zero-order chi connectivity index (χ0) is 19.4. The zero-order valence-electron chi connectivity index (χ0n) is 14.9. The Morgan fingerprint density at radius 2 is 2.07 bits per heavy atom. The molecule has 0 aliphatic rings. The van der Waals surface area contributed by atoms with Gasteiger partial charge in [-0.1, -0.05) is 42.1 Å². The van der Waals surface area contributed by atoms with E-state index < -0.39 is 0 Å². The van der Waals surface area contributed by atoms with Crippen LogP contribution < -0.4 is 11.1 Å². The molecule has 1 aromatic carbocycles. The molecule has 2 heterocycles. The smallest absolute Gasteiger partial charge is 0.246 e. The van der Waals surface area contributed by atoms with Crippen molar-refractivity contribution in [2.45, 2.75) is 31.3 Å².